The number of carbonyl (C=O) groups is 3. The molecule has 5 atom stereocenters. The van der Waals surface area contributed by atoms with Crippen LogP contribution >= 0.6 is 11.3 Å². The van der Waals surface area contributed by atoms with E-state index in [1.807, 2.05) is 61.7 Å². The standard InChI is InChI=1S/C39H55N5O5S/c1-27(2)20-35(45)37(47)33(22-30-12-8-5-9-13-30)42-39(49)34(24-32-25-50-26-41-32)43-38(48)31(21-29-10-6-4-7-11-29)23-36(46)44(3)19-16-28-14-17-40-18-15-28/h4,6-7,10-11,14-15,17-18,25-27,30-31,33-35,37,45,47H,5,8-9,12-13,16,19-24H2,1-3H3,(H,42,49)(H,43,48)/t31-,33+,34+,35+,37-/m1/s1. The van der Waals surface area contributed by atoms with E-state index in [1.165, 1.54) is 17.8 Å². The van der Waals surface area contributed by atoms with Gasteiger partial charge in [-0.05, 0) is 60.8 Å². The van der Waals surface area contributed by atoms with Gasteiger partial charge in [-0.2, -0.15) is 0 Å². The first-order chi connectivity index (χ1) is 24.1. The molecule has 2 aromatic heterocycles. The highest BCUT2D eigenvalue weighted by Gasteiger charge is 2.34. The van der Waals surface area contributed by atoms with E-state index in [2.05, 4.69) is 20.6 Å². The van der Waals surface area contributed by atoms with Gasteiger partial charge in [0.2, 0.25) is 17.7 Å². The number of hydrogen-bond acceptors (Lipinski definition) is 8. The molecule has 4 N–H and O–H groups in total. The zero-order valence-corrected chi connectivity index (χ0v) is 30.6. The van der Waals surface area contributed by atoms with Crippen molar-refractivity contribution in [1.29, 1.82) is 0 Å². The van der Waals surface area contributed by atoms with Crippen LogP contribution in [0.4, 0.5) is 0 Å². The molecule has 1 saturated carbocycles. The molecule has 0 unspecified atom stereocenters. The Kier molecular flexibility index (Phi) is 15.8. The number of pyridine rings is 1. The number of aliphatic hydroxyl groups is 2. The highest BCUT2D eigenvalue weighted by molar-refractivity contribution is 7.07. The SMILES string of the molecule is CC(C)C[C@H](O)[C@H](O)[C@H](CC1CCCCC1)NC(=O)[C@H](Cc1cscn1)NC(=O)[C@@H](CC(=O)N(C)CCc1ccncc1)Cc1ccccc1. The van der Waals surface area contributed by atoms with Crippen LogP contribution in [-0.2, 0) is 33.6 Å². The van der Waals surface area contributed by atoms with Gasteiger partial charge in [0.15, 0.2) is 0 Å². The topological polar surface area (TPSA) is 145 Å². The summed E-state index contributed by atoms with van der Waals surface area (Å²) in [5, 5.41) is 30.1. The summed E-state index contributed by atoms with van der Waals surface area (Å²) in [6, 6.07) is 11.7. The van der Waals surface area contributed by atoms with E-state index in [0.29, 0.717) is 43.8 Å². The molecule has 1 aliphatic rings. The molecule has 2 heterocycles. The summed E-state index contributed by atoms with van der Waals surface area (Å²) in [6.45, 7) is 4.46. The fraction of sp³-hybridized carbons (Fsp3) is 0.564. The monoisotopic (exact) mass is 705 g/mol. The number of hydrogen-bond donors (Lipinski definition) is 4. The maximum atomic E-state index is 14.1. The molecule has 1 aliphatic carbocycles. The van der Waals surface area contributed by atoms with Crippen LogP contribution in [0.3, 0.4) is 0 Å². The molecule has 10 nitrogen and oxygen atoms in total. The van der Waals surface area contributed by atoms with Gasteiger partial charge in [0.05, 0.1) is 29.3 Å². The van der Waals surface area contributed by atoms with Crippen LogP contribution in [0.5, 0.6) is 0 Å². The van der Waals surface area contributed by atoms with Crippen molar-refractivity contribution in [2.45, 2.75) is 109 Å². The summed E-state index contributed by atoms with van der Waals surface area (Å²) < 4.78 is 0. The second-order valence-electron chi connectivity index (χ2n) is 14.3. The largest absolute Gasteiger partial charge is 0.390 e. The minimum atomic E-state index is -1.15. The average Bonchev–Trinajstić information content (AvgIpc) is 3.63. The lowest BCUT2D eigenvalue weighted by Crippen LogP contribution is -2.56. The van der Waals surface area contributed by atoms with Crippen LogP contribution in [0.1, 0.15) is 82.0 Å². The second kappa shape index (κ2) is 20.2. The smallest absolute Gasteiger partial charge is 0.243 e. The normalized spacial score (nSPS) is 16.6. The molecule has 0 spiro atoms. The number of aromatic nitrogens is 2. The molecular formula is C39H55N5O5S. The third kappa shape index (κ3) is 12.9. The number of likely N-dealkylation sites (N-methyl/N-ethyl adjacent to an activating group) is 1. The molecule has 3 aromatic rings. The van der Waals surface area contributed by atoms with Gasteiger partial charge in [-0.3, -0.25) is 19.4 Å². The third-order valence-corrected chi connectivity index (χ3v) is 10.4. The maximum Gasteiger partial charge on any atom is 0.243 e. The summed E-state index contributed by atoms with van der Waals surface area (Å²) in [7, 11) is 1.74. The van der Waals surface area contributed by atoms with Crippen molar-refractivity contribution in [3.05, 3.63) is 82.6 Å². The predicted molar refractivity (Wildman–Crippen MR) is 196 cm³/mol. The molecule has 0 radical (unpaired) electrons. The Hall–Kier alpha value is -3.67. The lowest BCUT2D eigenvalue weighted by molar-refractivity contribution is -0.136. The van der Waals surface area contributed by atoms with Crippen LogP contribution in [0.2, 0.25) is 0 Å². The van der Waals surface area contributed by atoms with Crippen molar-refractivity contribution in [2.24, 2.45) is 17.8 Å². The number of carbonyl (C=O) groups excluding carboxylic acids is 3. The van der Waals surface area contributed by atoms with Crippen LogP contribution in [-0.4, -0.2) is 80.7 Å². The Bertz CT molecular complexity index is 1440. The molecule has 1 aromatic carbocycles. The van der Waals surface area contributed by atoms with Gasteiger partial charge < -0.3 is 25.7 Å². The lowest BCUT2D eigenvalue weighted by atomic mass is 9.82. The van der Waals surface area contributed by atoms with E-state index in [-0.39, 0.29) is 24.7 Å². The minimum Gasteiger partial charge on any atom is -0.390 e. The molecule has 11 heteroatoms. The number of rotatable bonds is 19. The lowest BCUT2D eigenvalue weighted by Gasteiger charge is -2.34. The number of nitrogens with one attached hydrogen (secondary N) is 2. The first-order valence-electron chi connectivity index (χ1n) is 18.1. The van der Waals surface area contributed by atoms with Gasteiger partial charge in [0.1, 0.15) is 12.1 Å². The summed E-state index contributed by atoms with van der Waals surface area (Å²) in [4.78, 5) is 51.8. The van der Waals surface area contributed by atoms with Crippen LogP contribution in [0, 0.1) is 17.8 Å². The molecular weight excluding hydrogens is 651 g/mol. The van der Waals surface area contributed by atoms with E-state index in [0.717, 1.165) is 36.8 Å². The molecule has 3 amide bonds. The summed E-state index contributed by atoms with van der Waals surface area (Å²) in [5.41, 5.74) is 4.32. The summed E-state index contributed by atoms with van der Waals surface area (Å²) >= 11 is 1.40. The Morgan fingerprint density at radius 1 is 0.940 bits per heavy atom. The van der Waals surface area contributed by atoms with Gasteiger partial charge >= 0.3 is 0 Å². The number of benzene rings is 1. The van der Waals surface area contributed by atoms with Crippen molar-refractivity contribution in [1.82, 2.24) is 25.5 Å². The average molecular weight is 706 g/mol. The van der Waals surface area contributed by atoms with Crippen LogP contribution in [0.15, 0.2) is 65.7 Å². The van der Waals surface area contributed by atoms with Crippen molar-refractivity contribution in [3.63, 3.8) is 0 Å². The van der Waals surface area contributed by atoms with E-state index in [1.54, 1.807) is 29.9 Å². The van der Waals surface area contributed by atoms with Crippen molar-refractivity contribution >= 4 is 29.1 Å². The highest BCUT2D eigenvalue weighted by Crippen LogP contribution is 2.29. The summed E-state index contributed by atoms with van der Waals surface area (Å²) in [6.07, 6.45) is 8.82. The predicted octanol–water partition coefficient (Wildman–Crippen LogP) is 4.74. The summed E-state index contributed by atoms with van der Waals surface area (Å²) in [5.74, 6) is -1.23. The Morgan fingerprint density at radius 2 is 1.66 bits per heavy atom. The maximum absolute atomic E-state index is 14.1. The highest BCUT2D eigenvalue weighted by atomic mass is 32.1. The van der Waals surface area contributed by atoms with Crippen molar-refractivity contribution < 1.29 is 24.6 Å². The Labute approximate surface area is 301 Å². The van der Waals surface area contributed by atoms with Gasteiger partial charge in [0, 0.05) is 44.2 Å². The minimum absolute atomic E-state index is 0.0248. The number of nitrogens with zero attached hydrogens (tertiary/aromatic N) is 3. The van der Waals surface area contributed by atoms with E-state index < -0.39 is 42.0 Å². The van der Waals surface area contributed by atoms with Crippen LogP contribution in [0.25, 0.3) is 0 Å². The van der Waals surface area contributed by atoms with E-state index in [9.17, 15) is 24.6 Å². The van der Waals surface area contributed by atoms with Crippen molar-refractivity contribution in [2.75, 3.05) is 13.6 Å². The molecule has 0 saturated heterocycles. The Morgan fingerprint density at radius 3 is 2.32 bits per heavy atom. The zero-order chi connectivity index (χ0) is 35.9. The van der Waals surface area contributed by atoms with E-state index >= 15 is 0 Å². The van der Waals surface area contributed by atoms with Crippen molar-refractivity contribution in [3.8, 4) is 0 Å². The number of amides is 3. The zero-order valence-electron chi connectivity index (χ0n) is 29.7. The number of thiazole rings is 1. The van der Waals surface area contributed by atoms with Gasteiger partial charge in [0.25, 0.3) is 0 Å². The molecule has 0 bridgehead atoms. The molecule has 0 aliphatic heterocycles. The van der Waals surface area contributed by atoms with E-state index in [4.69, 9.17) is 0 Å². The fourth-order valence-corrected chi connectivity index (χ4v) is 7.35. The fourth-order valence-electron chi connectivity index (χ4n) is 6.78. The first kappa shape index (κ1) is 39.1. The molecule has 4 rings (SSSR count). The van der Waals surface area contributed by atoms with Gasteiger partial charge in [-0.15, -0.1) is 11.3 Å². The Balaban J connectivity index is 1.52. The first-order valence-corrected chi connectivity index (χ1v) is 19.0. The molecule has 272 valence electrons. The second-order valence-corrected chi connectivity index (χ2v) is 15.0. The van der Waals surface area contributed by atoms with Gasteiger partial charge in [-0.1, -0.05) is 76.3 Å². The van der Waals surface area contributed by atoms with Gasteiger partial charge in [-0.25, -0.2) is 4.98 Å². The number of aliphatic hydroxyl groups excluding tert-OH is 2. The third-order valence-electron chi connectivity index (χ3n) is 9.72. The van der Waals surface area contributed by atoms with Crippen LogP contribution < -0.4 is 10.6 Å². The quantitative estimate of drug-likeness (QED) is 0.141. The molecule has 1 fully saturated rings. The molecule has 50 heavy (non-hydrogen) atoms.